The Hall–Kier alpha value is -4.16. The minimum absolute atomic E-state index is 0.214. The Morgan fingerprint density at radius 2 is 1.32 bits per heavy atom. The molecule has 1 saturated carbocycles. The van der Waals surface area contributed by atoms with Crippen molar-refractivity contribution in [1.29, 1.82) is 0 Å². The molecule has 41 heavy (non-hydrogen) atoms. The molecule has 5 aromatic rings. The molecule has 0 saturated heterocycles. The molecule has 0 aromatic heterocycles. The number of halogens is 2. The second-order valence-corrected chi connectivity index (χ2v) is 12.2. The van der Waals surface area contributed by atoms with Crippen molar-refractivity contribution in [3.63, 3.8) is 0 Å². The summed E-state index contributed by atoms with van der Waals surface area (Å²) in [5.74, 6) is -1.13. The van der Waals surface area contributed by atoms with Crippen molar-refractivity contribution in [1.82, 2.24) is 0 Å². The van der Waals surface area contributed by atoms with Crippen molar-refractivity contribution in [2.45, 2.75) is 46.0 Å². The minimum atomic E-state index is -0.724. The molecule has 3 nitrogen and oxygen atoms in total. The summed E-state index contributed by atoms with van der Waals surface area (Å²) in [5.41, 5.74) is 0.381. The van der Waals surface area contributed by atoms with Crippen molar-refractivity contribution < 1.29 is 23.0 Å². The van der Waals surface area contributed by atoms with Gasteiger partial charge in [0.25, 0.3) is 0 Å². The van der Waals surface area contributed by atoms with E-state index >= 15 is 0 Å². The molecule has 5 aromatic carbocycles. The van der Waals surface area contributed by atoms with E-state index in [0.717, 1.165) is 57.9 Å². The highest BCUT2D eigenvalue weighted by molar-refractivity contribution is 7.97. The second kappa shape index (κ2) is 11.8. The molecule has 1 atom stereocenters. The second-order valence-electron chi connectivity index (χ2n) is 10.2. The molecule has 0 radical (unpaired) electrons. The maximum atomic E-state index is 14.1. The summed E-state index contributed by atoms with van der Waals surface area (Å²) in [4.78, 5) is 15.4. The zero-order valence-corrected chi connectivity index (χ0v) is 23.2. The minimum Gasteiger partial charge on any atom is -0.482 e. The molecule has 0 aliphatic heterocycles. The van der Waals surface area contributed by atoms with Crippen molar-refractivity contribution in [3.05, 3.63) is 132 Å². The molecule has 1 unspecified atom stereocenters. The van der Waals surface area contributed by atoms with Crippen LogP contribution in [-0.2, 0) is 26.0 Å². The highest BCUT2D eigenvalue weighted by atomic mass is 32.2. The molecule has 6 rings (SSSR count). The van der Waals surface area contributed by atoms with Crippen molar-refractivity contribution in [2.24, 2.45) is 0 Å². The lowest BCUT2D eigenvalue weighted by atomic mass is 9.90. The van der Waals surface area contributed by atoms with Crippen LogP contribution in [0.3, 0.4) is 0 Å². The lowest BCUT2D eigenvalue weighted by Gasteiger charge is -2.30. The van der Waals surface area contributed by atoms with Crippen LogP contribution in [0, 0.1) is 11.6 Å². The summed E-state index contributed by atoms with van der Waals surface area (Å²) in [6.45, 7) is -0.214. The third-order valence-electron chi connectivity index (χ3n) is 7.46. The first kappa shape index (κ1) is 27.0. The third kappa shape index (κ3) is 5.98. The largest absolute Gasteiger partial charge is 0.482 e. The summed E-state index contributed by atoms with van der Waals surface area (Å²) in [5, 5.41) is 2.28. The highest BCUT2D eigenvalue weighted by Gasteiger charge is 2.39. The fourth-order valence-electron chi connectivity index (χ4n) is 5.54. The number of hydrogen-bond donors (Lipinski definition) is 0. The number of fused-ring (bicyclic) bond motifs is 1. The zero-order chi connectivity index (χ0) is 28.2. The molecule has 6 heteroatoms. The average Bonchev–Trinajstić information content (AvgIpc) is 3.46. The van der Waals surface area contributed by atoms with E-state index in [4.69, 9.17) is 9.47 Å². The molecular weight excluding hydrogens is 538 g/mol. The quantitative estimate of drug-likeness (QED) is 0.139. The monoisotopic (exact) mass is 567 g/mol. The van der Waals surface area contributed by atoms with Crippen LogP contribution in [0.25, 0.3) is 10.8 Å². The van der Waals surface area contributed by atoms with Crippen LogP contribution in [0.2, 0.25) is 0 Å². The smallest absolute Gasteiger partial charge is 0.345 e. The van der Waals surface area contributed by atoms with E-state index in [2.05, 4.69) is 30.3 Å². The summed E-state index contributed by atoms with van der Waals surface area (Å²) < 4.78 is 40.2. The number of rotatable bonds is 8. The van der Waals surface area contributed by atoms with E-state index in [1.165, 1.54) is 12.1 Å². The molecule has 1 aliphatic rings. The summed E-state index contributed by atoms with van der Waals surface area (Å²) in [7, 11) is -0.724. The Labute approximate surface area is 241 Å². The zero-order valence-electron chi connectivity index (χ0n) is 22.4. The average molecular weight is 568 g/mol. The molecule has 1 aliphatic carbocycles. The van der Waals surface area contributed by atoms with Gasteiger partial charge in [-0.1, -0.05) is 54.6 Å². The first-order valence-corrected chi connectivity index (χ1v) is 14.9. The fourth-order valence-corrected chi connectivity index (χ4v) is 7.66. The number of carbonyl (C=O) groups excluding carboxylic acids is 1. The van der Waals surface area contributed by atoms with Crippen molar-refractivity contribution in [3.8, 4) is 5.75 Å². The van der Waals surface area contributed by atoms with Gasteiger partial charge in [0.2, 0.25) is 0 Å². The Morgan fingerprint density at radius 1 is 0.683 bits per heavy atom. The number of ether oxygens (including phenoxy) is 2. The van der Waals surface area contributed by atoms with E-state index in [1.54, 1.807) is 12.1 Å². The maximum absolute atomic E-state index is 14.1. The van der Waals surface area contributed by atoms with Gasteiger partial charge in [-0.15, -0.1) is 0 Å². The van der Waals surface area contributed by atoms with Crippen LogP contribution in [-0.4, -0.2) is 12.6 Å². The van der Waals surface area contributed by atoms with Gasteiger partial charge < -0.3 is 9.47 Å². The molecule has 0 bridgehead atoms. The van der Waals surface area contributed by atoms with Crippen LogP contribution in [0.5, 0.6) is 5.75 Å². The van der Waals surface area contributed by atoms with Gasteiger partial charge in [0, 0.05) is 18.2 Å². The van der Waals surface area contributed by atoms with E-state index in [0.29, 0.717) is 10.6 Å². The molecule has 0 amide bonds. The Kier molecular flexibility index (Phi) is 7.75. The van der Waals surface area contributed by atoms with E-state index in [-0.39, 0.29) is 6.61 Å². The Balaban J connectivity index is 1.17. The van der Waals surface area contributed by atoms with Crippen molar-refractivity contribution >= 4 is 27.6 Å². The maximum Gasteiger partial charge on any atom is 0.345 e. The van der Waals surface area contributed by atoms with Crippen LogP contribution in [0.15, 0.2) is 130 Å². The van der Waals surface area contributed by atoms with Gasteiger partial charge in [-0.25, -0.2) is 13.6 Å². The Morgan fingerprint density at radius 3 is 2.02 bits per heavy atom. The summed E-state index contributed by atoms with van der Waals surface area (Å²) in [6, 6.07) is 35.0. The van der Waals surface area contributed by atoms with Gasteiger partial charge in [0.15, 0.2) is 21.3 Å². The van der Waals surface area contributed by atoms with Crippen LogP contribution < -0.4 is 4.74 Å². The molecular formula is C35H29F2O3S+. The summed E-state index contributed by atoms with van der Waals surface area (Å²) >= 11 is 0. The van der Waals surface area contributed by atoms with Crippen molar-refractivity contribution in [2.75, 3.05) is 6.61 Å². The van der Waals surface area contributed by atoms with Gasteiger partial charge in [0.05, 0.1) is 10.9 Å². The number of carbonyl (C=O) groups is 1. The normalized spacial score (nSPS) is 15.0. The highest BCUT2D eigenvalue weighted by Crippen LogP contribution is 2.43. The SMILES string of the molecule is O=C(COc1ccc([S+](c2ccccc2)c2cc(F)cc(F)c2)cc1)OC1(c2ccc3ccccc3c2)CCCC1. The van der Waals surface area contributed by atoms with Gasteiger partial charge >= 0.3 is 5.97 Å². The van der Waals surface area contributed by atoms with Gasteiger partial charge in [-0.2, -0.15) is 0 Å². The number of esters is 1. The van der Waals surface area contributed by atoms with E-state index < -0.39 is 34.1 Å². The van der Waals surface area contributed by atoms with E-state index in [1.807, 2.05) is 54.6 Å². The summed E-state index contributed by atoms with van der Waals surface area (Å²) in [6.07, 6.45) is 3.57. The van der Waals surface area contributed by atoms with Crippen LogP contribution >= 0.6 is 0 Å². The van der Waals surface area contributed by atoms with Gasteiger partial charge in [-0.05, 0) is 84.5 Å². The molecule has 0 spiro atoms. The lowest BCUT2D eigenvalue weighted by molar-refractivity contribution is -0.163. The topological polar surface area (TPSA) is 35.5 Å². The fraction of sp³-hybridized carbons (Fsp3) is 0.171. The van der Waals surface area contributed by atoms with Gasteiger partial charge in [-0.3, -0.25) is 0 Å². The molecule has 206 valence electrons. The molecule has 0 N–H and O–H groups in total. The predicted molar refractivity (Wildman–Crippen MR) is 157 cm³/mol. The van der Waals surface area contributed by atoms with Crippen LogP contribution in [0.4, 0.5) is 8.78 Å². The number of hydrogen-bond acceptors (Lipinski definition) is 3. The first-order valence-electron chi connectivity index (χ1n) is 13.7. The molecule has 1 fully saturated rings. The lowest BCUT2D eigenvalue weighted by Crippen LogP contribution is -2.31. The molecule has 0 heterocycles. The first-order chi connectivity index (χ1) is 20.0. The predicted octanol–water partition coefficient (Wildman–Crippen LogP) is 8.60. The Bertz CT molecular complexity index is 1640. The van der Waals surface area contributed by atoms with E-state index in [9.17, 15) is 13.6 Å². The third-order valence-corrected chi connectivity index (χ3v) is 9.66. The van der Waals surface area contributed by atoms with Crippen LogP contribution in [0.1, 0.15) is 31.2 Å². The standard InChI is InChI=1S/C35H29F2O3S/c36-28-21-29(37)23-33(22-28)41(31-10-2-1-3-11-31)32-16-14-30(15-17-32)39-24-34(38)40-35(18-6-7-19-35)27-13-12-25-8-4-5-9-26(25)20-27/h1-5,8-17,20-23H,6-7,18-19,24H2/q+1. The number of benzene rings is 5. The van der Waals surface area contributed by atoms with Gasteiger partial charge in [0.1, 0.15) is 23.0 Å².